The van der Waals surface area contributed by atoms with Crippen molar-refractivity contribution in [3.63, 3.8) is 0 Å². The molecule has 0 aromatic heterocycles. The molecule has 5 nitrogen and oxygen atoms in total. The Morgan fingerprint density at radius 3 is 2.32 bits per heavy atom. The van der Waals surface area contributed by atoms with E-state index in [0.29, 0.717) is 29.7 Å². The molecule has 2 aliphatic heterocycles. The van der Waals surface area contributed by atoms with E-state index in [2.05, 4.69) is 32.3 Å². The molecule has 1 fully saturated rings. The van der Waals surface area contributed by atoms with Crippen LogP contribution in [0.5, 0.6) is 5.75 Å². The van der Waals surface area contributed by atoms with Crippen LogP contribution in [0.1, 0.15) is 39.2 Å². The minimum absolute atomic E-state index is 0.215. The Labute approximate surface area is 167 Å². The van der Waals surface area contributed by atoms with Gasteiger partial charge in [0, 0.05) is 19.6 Å². The standard InChI is InChI=1S/C23H30N2O3/c1-5-11-25-22(26)20(18-7-9-19(10-8-18)28-12-6-2)21(23(25)27)24-14-16(3)13-17(4)15-24/h5,7-10,16-17H,1,6,11-15H2,2-4H3. The topological polar surface area (TPSA) is 49.9 Å². The average molecular weight is 383 g/mol. The number of ether oxygens (including phenoxy) is 1. The number of likely N-dealkylation sites (tertiary alicyclic amines) is 1. The summed E-state index contributed by atoms with van der Waals surface area (Å²) in [6.45, 7) is 12.6. The number of hydrogen-bond acceptors (Lipinski definition) is 4. The summed E-state index contributed by atoms with van der Waals surface area (Å²) in [5.41, 5.74) is 1.79. The minimum atomic E-state index is -0.243. The van der Waals surface area contributed by atoms with Crippen molar-refractivity contribution in [1.29, 1.82) is 0 Å². The van der Waals surface area contributed by atoms with Crippen LogP contribution in [0.15, 0.2) is 42.6 Å². The molecule has 1 aromatic rings. The van der Waals surface area contributed by atoms with Gasteiger partial charge in [0.15, 0.2) is 0 Å². The van der Waals surface area contributed by atoms with Crippen LogP contribution in [0.3, 0.4) is 0 Å². The SMILES string of the molecule is C=CCN1C(=O)C(c2ccc(OCCC)cc2)=C(N2CC(C)CC(C)C2)C1=O. The fourth-order valence-electron chi connectivity index (χ4n) is 4.19. The second-order valence-corrected chi connectivity index (χ2v) is 7.96. The number of hydrogen-bond donors (Lipinski definition) is 0. The van der Waals surface area contributed by atoms with Gasteiger partial charge in [0.05, 0.1) is 12.2 Å². The van der Waals surface area contributed by atoms with Crippen LogP contribution in [0.2, 0.25) is 0 Å². The second kappa shape index (κ2) is 8.63. The number of carbonyl (C=O) groups is 2. The van der Waals surface area contributed by atoms with Crippen molar-refractivity contribution in [3.05, 3.63) is 48.2 Å². The molecule has 0 bridgehead atoms. The molecule has 1 saturated heterocycles. The quantitative estimate of drug-likeness (QED) is 0.533. The largest absolute Gasteiger partial charge is 0.494 e. The van der Waals surface area contributed by atoms with Gasteiger partial charge < -0.3 is 9.64 Å². The zero-order valence-corrected chi connectivity index (χ0v) is 17.1. The Bertz CT molecular complexity index is 772. The van der Waals surface area contributed by atoms with Crippen LogP contribution in [0.25, 0.3) is 5.57 Å². The zero-order chi connectivity index (χ0) is 20.3. The molecule has 28 heavy (non-hydrogen) atoms. The van der Waals surface area contributed by atoms with Crippen molar-refractivity contribution in [3.8, 4) is 5.75 Å². The number of piperidine rings is 1. The van der Waals surface area contributed by atoms with Crippen LogP contribution in [-0.4, -0.2) is 47.9 Å². The van der Waals surface area contributed by atoms with E-state index in [1.165, 1.54) is 4.90 Å². The van der Waals surface area contributed by atoms with E-state index < -0.39 is 0 Å². The highest BCUT2D eigenvalue weighted by Gasteiger charge is 2.42. The van der Waals surface area contributed by atoms with Gasteiger partial charge in [-0.15, -0.1) is 6.58 Å². The minimum Gasteiger partial charge on any atom is -0.494 e. The van der Waals surface area contributed by atoms with Gasteiger partial charge in [-0.05, 0) is 42.4 Å². The third-order valence-corrected chi connectivity index (χ3v) is 5.26. The fraction of sp³-hybridized carbons (Fsp3) is 0.478. The summed E-state index contributed by atoms with van der Waals surface area (Å²) >= 11 is 0. The summed E-state index contributed by atoms with van der Waals surface area (Å²) in [6.07, 6.45) is 3.67. The summed E-state index contributed by atoms with van der Waals surface area (Å²) in [4.78, 5) is 29.7. The number of imide groups is 1. The Morgan fingerprint density at radius 2 is 1.75 bits per heavy atom. The normalized spacial score (nSPS) is 22.8. The molecule has 0 saturated carbocycles. The molecule has 0 radical (unpaired) electrons. The molecule has 0 N–H and O–H groups in total. The molecule has 2 unspecified atom stereocenters. The van der Waals surface area contributed by atoms with Gasteiger partial charge in [-0.25, -0.2) is 0 Å². The third-order valence-electron chi connectivity index (χ3n) is 5.26. The lowest BCUT2D eigenvalue weighted by molar-refractivity contribution is -0.137. The highest BCUT2D eigenvalue weighted by Crippen LogP contribution is 2.35. The van der Waals surface area contributed by atoms with Crippen LogP contribution in [0, 0.1) is 11.8 Å². The van der Waals surface area contributed by atoms with E-state index in [0.717, 1.165) is 37.2 Å². The van der Waals surface area contributed by atoms with Gasteiger partial charge in [-0.3, -0.25) is 14.5 Å². The Kier molecular flexibility index (Phi) is 6.22. The monoisotopic (exact) mass is 382 g/mol. The number of carbonyl (C=O) groups excluding carboxylic acids is 2. The first kappa shape index (κ1) is 20.2. The maximum Gasteiger partial charge on any atom is 0.278 e. The summed E-state index contributed by atoms with van der Waals surface area (Å²) in [5, 5.41) is 0. The van der Waals surface area contributed by atoms with Crippen molar-refractivity contribution in [2.45, 2.75) is 33.6 Å². The van der Waals surface area contributed by atoms with Crippen molar-refractivity contribution >= 4 is 17.4 Å². The molecule has 2 aliphatic rings. The maximum atomic E-state index is 13.1. The van der Waals surface area contributed by atoms with Crippen LogP contribution >= 0.6 is 0 Å². The van der Waals surface area contributed by atoms with Gasteiger partial charge in [-0.2, -0.15) is 0 Å². The number of amides is 2. The number of benzene rings is 1. The lowest BCUT2D eigenvalue weighted by Gasteiger charge is -2.37. The van der Waals surface area contributed by atoms with Crippen molar-refractivity contribution in [2.24, 2.45) is 11.8 Å². The molecular formula is C23H30N2O3. The Hall–Kier alpha value is -2.56. The Morgan fingerprint density at radius 1 is 1.11 bits per heavy atom. The lowest BCUT2D eigenvalue weighted by atomic mass is 9.91. The molecule has 2 heterocycles. The van der Waals surface area contributed by atoms with Crippen molar-refractivity contribution in [2.75, 3.05) is 26.2 Å². The van der Waals surface area contributed by atoms with Gasteiger partial charge >= 0.3 is 0 Å². The van der Waals surface area contributed by atoms with Gasteiger partial charge in [0.1, 0.15) is 11.4 Å². The molecule has 2 amide bonds. The first-order valence-electron chi connectivity index (χ1n) is 10.2. The average Bonchev–Trinajstić information content (AvgIpc) is 2.91. The fourth-order valence-corrected chi connectivity index (χ4v) is 4.19. The summed E-state index contributed by atoms with van der Waals surface area (Å²) < 4.78 is 5.65. The predicted molar refractivity (Wildman–Crippen MR) is 111 cm³/mol. The Balaban J connectivity index is 2.00. The smallest absolute Gasteiger partial charge is 0.278 e. The van der Waals surface area contributed by atoms with E-state index in [9.17, 15) is 9.59 Å². The second-order valence-electron chi connectivity index (χ2n) is 7.96. The highest BCUT2D eigenvalue weighted by atomic mass is 16.5. The molecule has 150 valence electrons. The number of rotatable bonds is 7. The lowest BCUT2D eigenvalue weighted by Crippen LogP contribution is -2.41. The van der Waals surface area contributed by atoms with Gasteiger partial charge in [0.2, 0.25) is 0 Å². The van der Waals surface area contributed by atoms with Gasteiger partial charge in [0.25, 0.3) is 11.8 Å². The van der Waals surface area contributed by atoms with E-state index in [1.54, 1.807) is 6.08 Å². The molecule has 2 atom stereocenters. The van der Waals surface area contributed by atoms with Crippen LogP contribution in [-0.2, 0) is 9.59 Å². The van der Waals surface area contributed by atoms with Crippen LogP contribution in [0.4, 0.5) is 0 Å². The molecule has 3 rings (SSSR count). The molecule has 5 heteroatoms. The first-order valence-corrected chi connectivity index (χ1v) is 10.2. The molecule has 0 aliphatic carbocycles. The van der Waals surface area contributed by atoms with Crippen molar-refractivity contribution < 1.29 is 14.3 Å². The zero-order valence-electron chi connectivity index (χ0n) is 17.1. The van der Waals surface area contributed by atoms with Crippen LogP contribution < -0.4 is 4.74 Å². The summed E-state index contributed by atoms with van der Waals surface area (Å²) in [7, 11) is 0. The molecule has 1 aromatic carbocycles. The number of nitrogens with zero attached hydrogens (tertiary/aromatic N) is 2. The summed E-state index contributed by atoms with van der Waals surface area (Å²) in [5.74, 6) is 1.28. The van der Waals surface area contributed by atoms with E-state index in [1.807, 2.05) is 24.3 Å². The highest BCUT2D eigenvalue weighted by molar-refractivity contribution is 6.35. The molecular weight excluding hydrogens is 352 g/mol. The van der Waals surface area contributed by atoms with E-state index in [-0.39, 0.29) is 18.4 Å². The van der Waals surface area contributed by atoms with E-state index in [4.69, 9.17) is 4.74 Å². The molecule has 0 spiro atoms. The third kappa shape index (κ3) is 3.98. The van der Waals surface area contributed by atoms with E-state index >= 15 is 0 Å². The van der Waals surface area contributed by atoms with Crippen molar-refractivity contribution in [1.82, 2.24) is 9.80 Å². The first-order chi connectivity index (χ1) is 13.5. The predicted octanol–water partition coefficient (Wildman–Crippen LogP) is 3.72. The van der Waals surface area contributed by atoms with Gasteiger partial charge in [-0.1, -0.05) is 39.0 Å². The maximum absolute atomic E-state index is 13.1. The summed E-state index contributed by atoms with van der Waals surface area (Å²) in [6, 6.07) is 7.48.